The zero-order valence-corrected chi connectivity index (χ0v) is 8.97. The van der Waals surface area contributed by atoms with Gasteiger partial charge in [-0.15, -0.1) is 0 Å². The molecule has 2 rings (SSSR count). The molecule has 1 N–H and O–H groups in total. The van der Waals surface area contributed by atoms with Crippen LogP contribution in [-0.4, -0.2) is 12.3 Å². The van der Waals surface area contributed by atoms with Gasteiger partial charge in [-0.1, -0.05) is 13.0 Å². The van der Waals surface area contributed by atoms with Crippen molar-refractivity contribution in [1.82, 2.24) is 5.32 Å². The molecule has 0 amide bonds. The summed E-state index contributed by atoms with van der Waals surface area (Å²) in [5.41, 5.74) is 0.624. The van der Waals surface area contributed by atoms with Crippen LogP contribution < -0.4 is 5.32 Å². The summed E-state index contributed by atoms with van der Waals surface area (Å²) in [6.45, 7) is 2.44. The van der Waals surface area contributed by atoms with Crippen molar-refractivity contribution in [3.63, 3.8) is 0 Å². The second kappa shape index (κ2) is 4.29. The zero-order valence-electron chi connectivity index (χ0n) is 8.97. The number of carbonyl (C=O) groups is 1. The number of piperidine rings is 1. The van der Waals surface area contributed by atoms with Crippen molar-refractivity contribution in [3.8, 4) is 0 Å². The van der Waals surface area contributed by atoms with E-state index in [1.165, 1.54) is 6.07 Å². The van der Waals surface area contributed by atoms with E-state index in [-0.39, 0.29) is 17.7 Å². The standard InChI is InChI=1S/C12H13F2NO/c1-7-6-15-11(5-12(7)16)8-2-3-9(13)10(14)4-8/h2-4,7,11,15H,5-6H2,1H3/t7-,11-/m1/s1. The molecule has 4 heteroatoms. The first-order chi connectivity index (χ1) is 7.58. The molecule has 2 nitrogen and oxygen atoms in total. The fraction of sp³-hybridized carbons (Fsp3) is 0.417. The molecule has 0 bridgehead atoms. The molecule has 86 valence electrons. The number of halogens is 2. The third-order valence-electron chi connectivity index (χ3n) is 2.97. The first-order valence-corrected chi connectivity index (χ1v) is 5.29. The lowest BCUT2D eigenvalue weighted by atomic mass is 9.91. The maximum atomic E-state index is 13.0. The largest absolute Gasteiger partial charge is 0.309 e. The molecule has 1 saturated heterocycles. The molecule has 1 aliphatic heterocycles. The predicted octanol–water partition coefficient (Wildman–Crippen LogP) is 2.20. The Morgan fingerprint density at radius 3 is 2.69 bits per heavy atom. The van der Waals surface area contributed by atoms with Gasteiger partial charge < -0.3 is 5.32 Å². The van der Waals surface area contributed by atoms with E-state index in [9.17, 15) is 13.6 Å². The second-order valence-corrected chi connectivity index (χ2v) is 4.21. The van der Waals surface area contributed by atoms with Crippen molar-refractivity contribution >= 4 is 5.78 Å². The minimum atomic E-state index is -0.870. The molecule has 1 aliphatic rings. The van der Waals surface area contributed by atoms with Crippen LogP contribution in [-0.2, 0) is 4.79 Å². The summed E-state index contributed by atoms with van der Waals surface area (Å²) in [5.74, 6) is -1.57. The fourth-order valence-corrected chi connectivity index (χ4v) is 1.87. The van der Waals surface area contributed by atoms with E-state index in [0.717, 1.165) is 12.1 Å². The van der Waals surface area contributed by atoms with Crippen LogP contribution in [0.1, 0.15) is 24.9 Å². The van der Waals surface area contributed by atoms with Crippen LogP contribution in [0.2, 0.25) is 0 Å². The van der Waals surface area contributed by atoms with Gasteiger partial charge in [0, 0.05) is 24.9 Å². The Kier molecular flexibility index (Phi) is 3.01. The summed E-state index contributed by atoms with van der Waals surface area (Å²) < 4.78 is 25.8. The molecular formula is C12H13F2NO. The summed E-state index contributed by atoms with van der Waals surface area (Å²) >= 11 is 0. The highest BCUT2D eigenvalue weighted by atomic mass is 19.2. The molecule has 0 saturated carbocycles. The first-order valence-electron chi connectivity index (χ1n) is 5.29. The molecule has 1 heterocycles. The first kappa shape index (κ1) is 11.2. The Morgan fingerprint density at radius 2 is 2.06 bits per heavy atom. The molecule has 1 fully saturated rings. The second-order valence-electron chi connectivity index (χ2n) is 4.21. The van der Waals surface area contributed by atoms with E-state index in [2.05, 4.69) is 5.32 Å². The molecule has 0 radical (unpaired) electrons. The van der Waals surface area contributed by atoms with E-state index < -0.39 is 11.6 Å². The van der Waals surface area contributed by atoms with Gasteiger partial charge in [0.05, 0.1) is 0 Å². The average molecular weight is 225 g/mol. The molecule has 16 heavy (non-hydrogen) atoms. The lowest BCUT2D eigenvalue weighted by Gasteiger charge is -2.27. The number of hydrogen-bond donors (Lipinski definition) is 1. The molecule has 0 aliphatic carbocycles. The van der Waals surface area contributed by atoms with E-state index in [4.69, 9.17) is 0 Å². The third-order valence-corrected chi connectivity index (χ3v) is 2.97. The Bertz CT molecular complexity index is 419. The molecule has 1 aromatic rings. The van der Waals surface area contributed by atoms with Gasteiger partial charge in [-0.2, -0.15) is 0 Å². The number of Topliss-reactive ketones (excluding diaryl/α,β-unsaturated/α-hetero) is 1. The predicted molar refractivity (Wildman–Crippen MR) is 55.9 cm³/mol. The quantitative estimate of drug-likeness (QED) is 0.793. The number of benzene rings is 1. The molecule has 1 aromatic carbocycles. The van der Waals surface area contributed by atoms with Gasteiger partial charge in [0.25, 0.3) is 0 Å². The van der Waals surface area contributed by atoms with Crippen LogP contribution in [0.25, 0.3) is 0 Å². The SMILES string of the molecule is C[C@@H]1CN[C@@H](c2ccc(F)c(F)c2)CC1=O. The highest BCUT2D eigenvalue weighted by molar-refractivity contribution is 5.82. The smallest absolute Gasteiger partial charge is 0.159 e. The van der Waals surface area contributed by atoms with Gasteiger partial charge in [-0.25, -0.2) is 8.78 Å². The number of nitrogens with one attached hydrogen (secondary N) is 1. The van der Waals surface area contributed by atoms with E-state index in [1.54, 1.807) is 0 Å². The number of rotatable bonds is 1. The average Bonchev–Trinajstić information content (AvgIpc) is 2.26. The minimum Gasteiger partial charge on any atom is -0.309 e. The molecule has 0 spiro atoms. The Labute approximate surface area is 92.7 Å². The molecular weight excluding hydrogens is 212 g/mol. The summed E-state index contributed by atoms with van der Waals surface area (Å²) in [4.78, 5) is 11.5. The van der Waals surface area contributed by atoms with E-state index >= 15 is 0 Å². The number of hydrogen-bond acceptors (Lipinski definition) is 2. The minimum absolute atomic E-state index is 0.00143. The lowest BCUT2D eigenvalue weighted by molar-refractivity contribution is -0.124. The highest BCUT2D eigenvalue weighted by Crippen LogP contribution is 2.24. The lowest BCUT2D eigenvalue weighted by Crippen LogP contribution is -2.38. The van der Waals surface area contributed by atoms with Crippen LogP contribution in [0.3, 0.4) is 0 Å². The van der Waals surface area contributed by atoms with Gasteiger partial charge >= 0.3 is 0 Å². The van der Waals surface area contributed by atoms with Crippen LogP contribution in [0.15, 0.2) is 18.2 Å². The van der Waals surface area contributed by atoms with Gasteiger partial charge in [-0.3, -0.25) is 4.79 Å². The normalized spacial score (nSPS) is 25.8. The van der Waals surface area contributed by atoms with E-state index in [0.29, 0.717) is 18.5 Å². The van der Waals surface area contributed by atoms with Crippen LogP contribution in [0.4, 0.5) is 8.78 Å². The van der Waals surface area contributed by atoms with Crippen molar-refractivity contribution in [2.45, 2.75) is 19.4 Å². The maximum absolute atomic E-state index is 13.0. The van der Waals surface area contributed by atoms with Gasteiger partial charge in [-0.05, 0) is 17.7 Å². The van der Waals surface area contributed by atoms with Crippen LogP contribution in [0.5, 0.6) is 0 Å². The summed E-state index contributed by atoms with van der Waals surface area (Å²) in [6.07, 6.45) is 0.340. The van der Waals surface area contributed by atoms with Gasteiger partial charge in [0.1, 0.15) is 5.78 Å². The van der Waals surface area contributed by atoms with Crippen molar-refractivity contribution in [2.24, 2.45) is 5.92 Å². The van der Waals surface area contributed by atoms with Crippen molar-refractivity contribution in [1.29, 1.82) is 0 Å². The third kappa shape index (κ3) is 2.11. The molecule has 0 unspecified atom stereocenters. The summed E-state index contributed by atoms with van der Waals surface area (Å²) in [5, 5.41) is 3.15. The zero-order chi connectivity index (χ0) is 11.7. The number of carbonyl (C=O) groups excluding carboxylic acids is 1. The van der Waals surface area contributed by atoms with Crippen molar-refractivity contribution < 1.29 is 13.6 Å². The Morgan fingerprint density at radius 1 is 1.31 bits per heavy atom. The van der Waals surface area contributed by atoms with Crippen molar-refractivity contribution in [2.75, 3.05) is 6.54 Å². The number of ketones is 1. The summed E-state index contributed by atoms with van der Waals surface area (Å²) in [7, 11) is 0. The van der Waals surface area contributed by atoms with E-state index in [1.807, 2.05) is 6.92 Å². The Hall–Kier alpha value is -1.29. The monoisotopic (exact) mass is 225 g/mol. The maximum Gasteiger partial charge on any atom is 0.159 e. The molecule has 0 aromatic heterocycles. The Balaban J connectivity index is 2.18. The molecule has 2 atom stereocenters. The van der Waals surface area contributed by atoms with Crippen LogP contribution in [0, 0.1) is 17.6 Å². The van der Waals surface area contributed by atoms with Gasteiger partial charge in [0.2, 0.25) is 0 Å². The van der Waals surface area contributed by atoms with Gasteiger partial charge in [0.15, 0.2) is 11.6 Å². The van der Waals surface area contributed by atoms with Crippen molar-refractivity contribution in [3.05, 3.63) is 35.4 Å². The van der Waals surface area contributed by atoms with Crippen LogP contribution >= 0.6 is 0 Å². The fourth-order valence-electron chi connectivity index (χ4n) is 1.87. The highest BCUT2D eigenvalue weighted by Gasteiger charge is 2.26. The summed E-state index contributed by atoms with van der Waals surface area (Å²) in [6, 6.07) is 3.56. The topological polar surface area (TPSA) is 29.1 Å².